The van der Waals surface area contributed by atoms with Gasteiger partial charge in [-0.3, -0.25) is 4.79 Å². The first-order valence-corrected chi connectivity index (χ1v) is 6.24. The molecule has 2 aromatic rings. The van der Waals surface area contributed by atoms with E-state index in [4.69, 9.17) is 9.84 Å². The van der Waals surface area contributed by atoms with Crippen LogP contribution in [0.3, 0.4) is 0 Å². The second-order valence-corrected chi connectivity index (χ2v) is 4.26. The lowest BCUT2D eigenvalue weighted by atomic mass is 10.0. The molecular weight excluding hydrogens is 256 g/mol. The Morgan fingerprint density at radius 2 is 1.60 bits per heavy atom. The molecule has 0 unspecified atom stereocenters. The number of benzene rings is 2. The van der Waals surface area contributed by atoms with Gasteiger partial charge >= 0.3 is 11.9 Å². The van der Waals surface area contributed by atoms with Crippen molar-refractivity contribution in [3.8, 4) is 5.75 Å². The van der Waals surface area contributed by atoms with Crippen LogP contribution in [0.4, 0.5) is 0 Å². The Bertz CT molecular complexity index is 578. The Hall–Kier alpha value is -2.62. The third-order valence-electron chi connectivity index (χ3n) is 2.80. The molecule has 0 atom stereocenters. The highest BCUT2D eigenvalue weighted by Gasteiger charge is 2.18. The fourth-order valence-corrected chi connectivity index (χ4v) is 1.80. The summed E-state index contributed by atoms with van der Waals surface area (Å²) in [5.74, 6) is -0.753. The van der Waals surface area contributed by atoms with Gasteiger partial charge in [-0.25, -0.2) is 4.79 Å². The lowest BCUT2D eigenvalue weighted by Crippen LogP contribution is -2.16. The number of aryl methyl sites for hydroxylation is 1. The number of carboxylic acid groups (broad SMARTS) is 1. The summed E-state index contributed by atoms with van der Waals surface area (Å²) < 4.78 is 4.93. The molecule has 0 fully saturated rings. The molecule has 20 heavy (non-hydrogen) atoms. The fourth-order valence-electron chi connectivity index (χ4n) is 1.80. The first-order chi connectivity index (χ1) is 9.66. The summed E-state index contributed by atoms with van der Waals surface area (Å²) in [6.07, 6.45) is 0.866. The zero-order valence-electron chi connectivity index (χ0n) is 10.8. The predicted octanol–water partition coefficient (Wildman–Crippen LogP) is 2.92. The van der Waals surface area contributed by atoms with Gasteiger partial charge in [0, 0.05) is 0 Å². The van der Waals surface area contributed by atoms with Gasteiger partial charge in [0.05, 0.1) is 12.0 Å². The van der Waals surface area contributed by atoms with E-state index in [-0.39, 0.29) is 11.5 Å². The summed E-state index contributed by atoms with van der Waals surface area (Å²) in [6, 6.07) is 16.5. The Morgan fingerprint density at radius 3 is 2.15 bits per heavy atom. The maximum atomic E-state index is 10.9. The number of carbonyl (C=O) groups is 2. The summed E-state index contributed by atoms with van der Waals surface area (Å²) >= 11 is 0. The fraction of sp³-hybridized carbons (Fsp3) is 0.125. The van der Waals surface area contributed by atoms with E-state index in [1.165, 1.54) is 12.1 Å². The van der Waals surface area contributed by atoms with Crippen LogP contribution >= 0.6 is 0 Å². The number of aromatic carboxylic acids is 1. The molecule has 1 aliphatic rings. The molecule has 0 spiro atoms. The van der Waals surface area contributed by atoms with E-state index in [1.807, 2.05) is 36.4 Å². The number of ether oxygens (including phenoxy) is 1. The van der Waals surface area contributed by atoms with Crippen molar-refractivity contribution in [1.29, 1.82) is 0 Å². The van der Waals surface area contributed by atoms with Crippen LogP contribution in [0, 0.1) is 0 Å². The molecule has 1 N–H and O–H groups in total. The molecule has 102 valence electrons. The molecule has 4 heteroatoms. The Morgan fingerprint density at radius 1 is 1.00 bits per heavy atom. The molecule has 0 amide bonds. The lowest BCUT2D eigenvalue weighted by Gasteiger charge is -2.15. The van der Waals surface area contributed by atoms with E-state index in [0.717, 1.165) is 5.56 Å². The molecule has 1 heterocycles. The third kappa shape index (κ3) is 3.68. The maximum absolute atomic E-state index is 10.9. The second-order valence-electron chi connectivity index (χ2n) is 4.26. The summed E-state index contributed by atoms with van der Waals surface area (Å²) in [5.41, 5.74) is 1.01. The van der Waals surface area contributed by atoms with Crippen LogP contribution in [-0.4, -0.2) is 17.0 Å². The second kappa shape index (κ2) is 6.52. The molecule has 0 saturated heterocycles. The summed E-state index contributed by atoms with van der Waals surface area (Å²) in [6.45, 7) is 0. The van der Waals surface area contributed by atoms with Crippen molar-refractivity contribution in [2.75, 3.05) is 0 Å². The van der Waals surface area contributed by atoms with Crippen molar-refractivity contribution in [3.05, 3.63) is 65.7 Å². The number of esters is 1. The van der Waals surface area contributed by atoms with E-state index in [9.17, 15) is 9.59 Å². The highest BCUT2D eigenvalue weighted by atomic mass is 16.5. The van der Waals surface area contributed by atoms with Gasteiger partial charge in [0.1, 0.15) is 5.75 Å². The normalized spacial score (nSPS) is 12.5. The molecule has 0 saturated carbocycles. The molecule has 0 aromatic heterocycles. The van der Waals surface area contributed by atoms with Gasteiger partial charge in [0.15, 0.2) is 0 Å². The molecule has 0 radical (unpaired) electrons. The number of rotatable bonds is 1. The van der Waals surface area contributed by atoms with Crippen LogP contribution in [0.1, 0.15) is 22.3 Å². The Kier molecular flexibility index (Phi) is 4.50. The minimum atomic E-state index is -0.968. The largest absolute Gasteiger partial charge is 0.478 e. The standard InChI is InChI=1S/C10H8O4.C6H6/c11-9-4-2-6-5-7(10(12)13)1-3-8(6)14-9;1-2-4-6-5-3-1/h1,3,5H,2,4H2,(H,12,13);1-6H. The van der Waals surface area contributed by atoms with Crippen LogP contribution in [0.25, 0.3) is 0 Å². The SMILES string of the molecule is O=C1CCc2cc(C(=O)O)ccc2O1.c1ccccc1. The van der Waals surface area contributed by atoms with Crippen molar-refractivity contribution in [2.45, 2.75) is 12.8 Å². The molecule has 2 aromatic carbocycles. The van der Waals surface area contributed by atoms with Gasteiger partial charge in [0.25, 0.3) is 0 Å². The topological polar surface area (TPSA) is 63.6 Å². The molecule has 1 aliphatic heterocycles. The van der Waals surface area contributed by atoms with Crippen molar-refractivity contribution >= 4 is 11.9 Å². The van der Waals surface area contributed by atoms with Crippen molar-refractivity contribution in [1.82, 2.24) is 0 Å². The average Bonchev–Trinajstić information content (AvgIpc) is 2.49. The van der Waals surface area contributed by atoms with Gasteiger partial charge in [-0.05, 0) is 30.2 Å². The summed E-state index contributed by atoms with van der Waals surface area (Å²) in [5, 5.41) is 8.73. The summed E-state index contributed by atoms with van der Waals surface area (Å²) in [4.78, 5) is 21.5. The molecular formula is C16H14O4. The Balaban J connectivity index is 0.000000205. The van der Waals surface area contributed by atoms with Crippen LogP contribution in [0.15, 0.2) is 54.6 Å². The van der Waals surface area contributed by atoms with Crippen LogP contribution in [0.5, 0.6) is 5.75 Å². The van der Waals surface area contributed by atoms with Gasteiger partial charge in [0.2, 0.25) is 0 Å². The lowest BCUT2D eigenvalue weighted by molar-refractivity contribution is -0.135. The van der Waals surface area contributed by atoms with Gasteiger partial charge in [-0.2, -0.15) is 0 Å². The highest BCUT2D eigenvalue weighted by Crippen LogP contribution is 2.25. The zero-order valence-corrected chi connectivity index (χ0v) is 10.8. The van der Waals surface area contributed by atoms with Gasteiger partial charge in [-0.15, -0.1) is 0 Å². The maximum Gasteiger partial charge on any atom is 0.335 e. The smallest absolute Gasteiger partial charge is 0.335 e. The van der Waals surface area contributed by atoms with Gasteiger partial charge < -0.3 is 9.84 Å². The first kappa shape index (κ1) is 13.8. The van der Waals surface area contributed by atoms with Crippen molar-refractivity contribution in [3.63, 3.8) is 0 Å². The van der Waals surface area contributed by atoms with E-state index >= 15 is 0 Å². The summed E-state index contributed by atoms with van der Waals surface area (Å²) in [7, 11) is 0. The predicted molar refractivity (Wildman–Crippen MR) is 73.8 cm³/mol. The number of hydrogen-bond donors (Lipinski definition) is 1. The Labute approximate surface area is 116 Å². The van der Waals surface area contributed by atoms with Crippen molar-refractivity contribution < 1.29 is 19.4 Å². The number of hydrogen-bond acceptors (Lipinski definition) is 3. The number of fused-ring (bicyclic) bond motifs is 1. The van der Waals surface area contributed by atoms with Gasteiger partial charge in [-0.1, -0.05) is 36.4 Å². The first-order valence-electron chi connectivity index (χ1n) is 6.24. The third-order valence-corrected chi connectivity index (χ3v) is 2.80. The average molecular weight is 270 g/mol. The minimum absolute atomic E-state index is 0.224. The van der Waals surface area contributed by atoms with Crippen LogP contribution in [0.2, 0.25) is 0 Å². The van der Waals surface area contributed by atoms with E-state index in [2.05, 4.69) is 0 Å². The zero-order chi connectivity index (χ0) is 14.4. The van der Waals surface area contributed by atoms with E-state index < -0.39 is 5.97 Å². The van der Waals surface area contributed by atoms with Crippen LogP contribution < -0.4 is 4.74 Å². The van der Waals surface area contributed by atoms with Crippen LogP contribution in [-0.2, 0) is 11.2 Å². The monoisotopic (exact) mass is 270 g/mol. The van der Waals surface area contributed by atoms with Crippen molar-refractivity contribution in [2.24, 2.45) is 0 Å². The number of carboxylic acids is 1. The van der Waals surface area contributed by atoms with E-state index in [0.29, 0.717) is 18.6 Å². The quantitative estimate of drug-likeness (QED) is 0.639. The molecule has 4 nitrogen and oxygen atoms in total. The number of carbonyl (C=O) groups excluding carboxylic acids is 1. The van der Waals surface area contributed by atoms with E-state index in [1.54, 1.807) is 6.07 Å². The molecule has 0 aliphatic carbocycles. The molecule has 3 rings (SSSR count). The molecule has 0 bridgehead atoms. The highest BCUT2D eigenvalue weighted by molar-refractivity contribution is 5.88. The minimum Gasteiger partial charge on any atom is -0.478 e.